The summed E-state index contributed by atoms with van der Waals surface area (Å²) in [7, 11) is 0. The minimum Gasteiger partial charge on any atom is -0.361 e. The maximum absolute atomic E-state index is 14.2. The van der Waals surface area contributed by atoms with E-state index in [2.05, 4.69) is 36.9 Å². The molecule has 3 aromatic carbocycles. The Morgan fingerprint density at radius 1 is 1.02 bits per heavy atom. The summed E-state index contributed by atoms with van der Waals surface area (Å²) in [5.41, 5.74) is 2.78. The second-order valence-electron chi connectivity index (χ2n) is 10.5. The summed E-state index contributed by atoms with van der Waals surface area (Å²) in [6, 6.07) is 19.5. The van der Waals surface area contributed by atoms with Crippen molar-refractivity contribution in [2.24, 2.45) is 11.8 Å². The molecule has 4 aromatic rings. The molecule has 1 spiro atoms. The van der Waals surface area contributed by atoms with Crippen molar-refractivity contribution in [2.45, 2.75) is 24.9 Å². The summed E-state index contributed by atoms with van der Waals surface area (Å²) in [4.78, 5) is 58.1. The first kappa shape index (κ1) is 24.7. The number of para-hydroxylation sites is 1. The molecular formula is C30H24BrN5O4. The molecule has 0 saturated carbocycles. The molecule has 4 atom stereocenters. The van der Waals surface area contributed by atoms with E-state index >= 15 is 0 Å². The number of hydrogen-bond acceptors (Lipinski definition) is 5. The molecule has 40 heavy (non-hydrogen) atoms. The van der Waals surface area contributed by atoms with Gasteiger partial charge in [0.1, 0.15) is 5.54 Å². The maximum atomic E-state index is 14.2. The van der Waals surface area contributed by atoms with Crippen molar-refractivity contribution >= 4 is 67.5 Å². The fourth-order valence-electron chi connectivity index (χ4n) is 6.64. The predicted octanol–water partition coefficient (Wildman–Crippen LogP) is 4.06. The number of carbonyl (C=O) groups excluding carboxylic acids is 4. The van der Waals surface area contributed by atoms with Crippen molar-refractivity contribution in [2.75, 3.05) is 15.5 Å². The van der Waals surface area contributed by atoms with Gasteiger partial charge >= 0.3 is 0 Å². The highest BCUT2D eigenvalue weighted by atomic mass is 79.9. The zero-order valence-electron chi connectivity index (χ0n) is 21.3. The van der Waals surface area contributed by atoms with E-state index in [1.54, 1.807) is 30.3 Å². The van der Waals surface area contributed by atoms with E-state index in [1.807, 2.05) is 42.6 Å². The number of carbonyl (C=O) groups is 4. The van der Waals surface area contributed by atoms with Gasteiger partial charge in [-0.25, -0.2) is 4.90 Å². The third kappa shape index (κ3) is 3.49. The molecular weight excluding hydrogens is 574 g/mol. The van der Waals surface area contributed by atoms with Gasteiger partial charge in [-0.2, -0.15) is 0 Å². The molecule has 3 aliphatic heterocycles. The summed E-state index contributed by atoms with van der Waals surface area (Å²) < 4.78 is 0.766. The first-order valence-corrected chi connectivity index (χ1v) is 13.8. The minimum absolute atomic E-state index is 0.221. The van der Waals surface area contributed by atoms with Gasteiger partial charge in [-0.05, 0) is 60.5 Å². The van der Waals surface area contributed by atoms with Crippen LogP contribution in [-0.2, 0) is 31.1 Å². The fourth-order valence-corrected chi connectivity index (χ4v) is 7.00. The van der Waals surface area contributed by atoms with Crippen LogP contribution in [0.5, 0.6) is 0 Å². The number of fused-ring (bicyclic) bond motifs is 5. The van der Waals surface area contributed by atoms with Crippen LogP contribution in [0.2, 0.25) is 0 Å². The number of rotatable bonds is 4. The largest absolute Gasteiger partial charge is 0.361 e. The maximum Gasteiger partial charge on any atom is 0.250 e. The van der Waals surface area contributed by atoms with Gasteiger partial charge < -0.3 is 15.6 Å². The summed E-state index contributed by atoms with van der Waals surface area (Å²) in [5, 5.41) is 10.2. The van der Waals surface area contributed by atoms with Crippen LogP contribution in [0.1, 0.15) is 18.1 Å². The van der Waals surface area contributed by atoms with Gasteiger partial charge in [0.2, 0.25) is 23.6 Å². The Morgan fingerprint density at radius 3 is 2.58 bits per heavy atom. The Hall–Kier alpha value is -4.28. The number of nitrogens with one attached hydrogen (secondary N) is 4. The van der Waals surface area contributed by atoms with Crippen LogP contribution in [0.3, 0.4) is 0 Å². The van der Waals surface area contributed by atoms with E-state index in [1.165, 1.54) is 11.8 Å². The van der Waals surface area contributed by atoms with Crippen molar-refractivity contribution in [3.63, 3.8) is 0 Å². The second kappa shape index (κ2) is 8.87. The van der Waals surface area contributed by atoms with Gasteiger partial charge in [-0.1, -0.05) is 34.1 Å². The Bertz CT molecular complexity index is 1750. The predicted molar refractivity (Wildman–Crippen MR) is 154 cm³/mol. The van der Waals surface area contributed by atoms with Crippen molar-refractivity contribution in [3.8, 4) is 0 Å². The first-order chi connectivity index (χ1) is 19.3. The Balaban J connectivity index is 1.34. The molecule has 0 unspecified atom stereocenters. The number of imide groups is 1. The monoisotopic (exact) mass is 597 g/mol. The van der Waals surface area contributed by atoms with E-state index in [4.69, 9.17) is 0 Å². The number of anilines is 3. The lowest BCUT2D eigenvalue weighted by molar-refractivity contribution is -0.130. The van der Waals surface area contributed by atoms with Crippen LogP contribution in [0, 0.1) is 11.8 Å². The highest BCUT2D eigenvalue weighted by molar-refractivity contribution is 9.10. The molecule has 0 aliphatic carbocycles. The molecule has 0 bridgehead atoms. The highest BCUT2D eigenvalue weighted by Gasteiger charge is 2.70. The fraction of sp³-hybridized carbons (Fsp3) is 0.200. The van der Waals surface area contributed by atoms with Gasteiger partial charge in [0, 0.05) is 51.5 Å². The SMILES string of the molecule is CC(=O)Nc1ccc(N2C(=O)[C@@H]3[C@H](Cc4c[nH]c5ccccc45)N[C@@]4(C(=O)Nc5ccc(Br)cc54)[C@H]3C2=O)cc1. The van der Waals surface area contributed by atoms with Crippen LogP contribution >= 0.6 is 15.9 Å². The minimum atomic E-state index is -1.40. The molecule has 9 nitrogen and oxygen atoms in total. The van der Waals surface area contributed by atoms with Crippen LogP contribution in [0.25, 0.3) is 10.9 Å². The number of H-pyrrole nitrogens is 1. The van der Waals surface area contributed by atoms with Gasteiger partial charge in [0.15, 0.2) is 0 Å². The standard InChI is InChI=1S/C30H24BrN5O4/c1-15(37)33-18-7-9-19(10-8-18)36-27(38)25-24(12-16-14-32-22-5-3-2-4-20(16)22)35-30(26(25)28(36)39)21-13-17(31)6-11-23(21)34-29(30)40/h2-11,13-14,24-26,32,35H,12H2,1H3,(H,33,37)(H,34,40)/t24-,25+,26+,30+/m0/s1. The van der Waals surface area contributed by atoms with E-state index in [0.717, 1.165) is 20.9 Å². The molecule has 2 saturated heterocycles. The van der Waals surface area contributed by atoms with Crippen LogP contribution in [0.15, 0.2) is 77.4 Å². The zero-order chi connectivity index (χ0) is 27.8. The summed E-state index contributed by atoms with van der Waals surface area (Å²) in [6.07, 6.45) is 2.36. The number of aromatic amines is 1. The number of halogens is 1. The molecule has 2 fully saturated rings. The average Bonchev–Trinajstić information content (AvgIpc) is 3.64. The lowest BCUT2D eigenvalue weighted by atomic mass is 9.76. The smallest absolute Gasteiger partial charge is 0.250 e. The Kier molecular flexibility index (Phi) is 5.48. The topological polar surface area (TPSA) is 123 Å². The second-order valence-corrected chi connectivity index (χ2v) is 11.4. The molecule has 7 rings (SSSR count). The molecule has 200 valence electrons. The highest BCUT2D eigenvalue weighted by Crippen LogP contribution is 2.54. The van der Waals surface area contributed by atoms with Gasteiger partial charge in [0.25, 0.3) is 0 Å². The summed E-state index contributed by atoms with van der Waals surface area (Å²) in [6.45, 7) is 1.41. The normalized spacial score (nSPS) is 25.0. The summed E-state index contributed by atoms with van der Waals surface area (Å²) >= 11 is 3.51. The quantitative estimate of drug-likeness (QED) is 0.264. The van der Waals surface area contributed by atoms with Crippen molar-refractivity contribution < 1.29 is 19.2 Å². The van der Waals surface area contributed by atoms with Crippen LogP contribution < -0.4 is 20.9 Å². The van der Waals surface area contributed by atoms with Crippen LogP contribution in [-0.4, -0.2) is 34.7 Å². The molecule has 4 N–H and O–H groups in total. The third-order valence-electron chi connectivity index (χ3n) is 8.24. The number of nitrogens with zero attached hydrogens (tertiary/aromatic N) is 1. The van der Waals surface area contributed by atoms with Crippen molar-refractivity contribution in [3.05, 3.63) is 88.5 Å². The molecule has 4 amide bonds. The Morgan fingerprint density at radius 2 is 1.80 bits per heavy atom. The molecule has 0 radical (unpaired) electrons. The zero-order valence-corrected chi connectivity index (χ0v) is 22.9. The van der Waals surface area contributed by atoms with Gasteiger partial charge in [0.05, 0.1) is 17.5 Å². The van der Waals surface area contributed by atoms with Crippen molar-refractivity contribution in [1.29, 1.82) is 0 Å². The Labute approximate surface area is 237 Å². The van der Waals surface area contributed by atoms with E-state index in [0.29, 0.717) is 29.0 Å². The number of hydrogen-bond donors (Lipinski definition) is 4. The first-order valence-electron chi connectivity index (χ1n) is 13.0. The summed E-state index contributed by atoms with van der Waals surface area (Å²) in [5.74, 6) is -3.07. The molecule has 10 heteroatoms. The number of benzene rings is 3. The molecule has 3 aliphatic rings. The number of amides is 4. The van der Waals surface area contributed by atoms with E-state index in [9.17, 15) is 19.2 Å². The van der Waals surface area contributed by atoms with E-state index in [-0.39, 0.29) is 17.7 Å². The van der Waals surface area contributed by atoms with Gasteiger partial charge in [-0.3, -0.25) is 24.5 Å². The van der Waals surface area contributed by atoms with Crippen LogP contribution in [0.4, 0.5) is 17.1 Å². The average molecular weight is 598 g/mol. The number of aromatic nitrogens is 1. The third-order valence-corrected chi connectivity index (χ3v) is 8.73. The van der Waals surface area contributed by atoms with Crippen molar-refractivity contribution in [1.82, 2.24) is 10.3 Å². The molecule has 4 heterocycles. The lowest BCUT2D eigenvalue weighted by Crippen LogP contribution is -2.53. The lowest BCUT2D eigenvalue weighted by Gasteiger charge is -2.29. The van der Waals surface area contributed by atoms with Gasteiger partial charge in [-0.15, -0.1) is 0 Å². The molecule has 1 aromatic heterocycles. The van der Waals surface area contributed by atoms with E-state index < -0.39 is 29.3 Å².